The molecule has 9 heteroatoms. The van der Waals surface area contributed by atoms with Gasteiger partial charge in [-0.2, -0.15) is 0 Å². The SMILES string of the molecule is O=C(c1cn2cc(Cl)ccc2n1)N(Cc1cocn1)Cc1cocn1. The molecular weight excluding hydrogens is 346 g/mol. The van der Waals surface area contributed by atoms with Crippen molar-refractivity contribution in [1.29, 1.82) is 0 Å². The van der Waals surface area contributed by atoms with Crippen LogP contribution in [-0.2, 0) is 13.1 Å². The Balaban J connectivity index is 1.65. The van der Waals surface area contributed by atoms with Crippen LogP contribution in [0.1, 0.15) is 21.9 Å². The molecule has 4 aromatic rings. The Morgan fingerprint density at radius 3 is 2.36 bits per heavy atom. The Bertz CT molecular complexity index is 958. The van der Waals surface area contributed by atoms with Gasteiger partial charge in [0.1, 0.15) is 23.9 Å². The van der Waals surface area contributed by atoms with Crippen molar-refractivity contribution in [3.63, 3.8) is 0 Å². The van der Waals surface area contributed by atoms with Crippen molar-refractivity contribution in [1.82, 2.24) is 24.3 Å². The molecule has 25 heavy (non-hydrogen) atoms. The summed E-state index contributed by atoms with van der Waals surface area (Å²) in [6.07, 6.45) is 8.96. The molecule has 0 fully saturated rings. The fourth-order valence-corrected chi connectivity index (χ4v) is 2.62. The smallest absolute Gasteiger partial charge is 0.274 e. The highest BCUT2D eigenvalue weighted by Gasteiger charge is 2.21. The number of amides is 1. The van der Waals surface area contributed by atoms with Gasteiger partial charge in [0.05, 0.1) is 29.5 Å². The number of pyridine rings is 1. The second-order valence-corrected chi connectivity index (χ2v) is 5.80. The van der Waals surface area contributed by atoms with Gasteiger partial charge in [-0.3, -0.25) is 4.79 Å². The molecule has 4 heterocycles. The number of carbonyl (C=O) groups is 1. The van der Waals surface area contributed by atoms with Gasteiger partial charge >= 0.3 is 0 Å². The van der Waals surface area contributed by atoms with Crippen LogP contribution in [0, 0.1) is 0 Å². The van der Waals surface area contributed by atoms with Crippen molar-refractivity contribution in [2.24, 2.45) is 0 Å². The third-order valence-corrected chi connectivity index (χ3v) is 3.82. The first kappa shape index (κ1) is 15.4. The van der Waals surface area contributed by atoms with Gasteiger partial charge in [0.15, 0.2) is 12.8 Å². The van der Waals surface area contributed by atoms with Gasteiger partial charge in [-0.15, -0.1) is 0 Å². The van der Waals surface area contributed by atoms with Crippen molar-refractivity contribution in [2.75, 3.05) is 0 Å². The molecule has 0 saturated heterocycles. The second-order valence-electron chi connectivity index (χ2n) is 5.36. The zero-order valence-corrected chi connectivity index (χ0v) is 13.6. The van der Waals surface area contributed by atoms with Gasteiger partial charge in [0.2, 0.25) is 0 Å². The highest BCUT2D eigenvalue weighted by atomic mass is 35.5. The topological polar surface area (TPSA) is 89.7 Å². The lowest BCUT2D eigenvalue weighted by molar-refractivity contribution is 0.0720. The molecule has 4 rings (SSSR count). The van der Waals surface area contributed by atoms with Crippen LogP contribution in [0.3, 0.4) is 0 Å². The zero-order chi connectivity index (χ0) is 17.2. The Kier molecular flexibility index (Phi) is 3.95. The fraction of sp³-hybridized carbons (Fsp3) is 0.125. The number of fused-ring (bicyclic) bond motifs is 1. The monoisotopic (exact) mass is 357 g/mol. The Labute approximate surface area is 146 Å². The van der Waals surface area contributed by atoms with Gasteiger partial charge in [-0.1, -0.05) is 11.6 Å². The van der Waals surface area contributed by atoms with Crippen LogP contribution in [0.5, 0.6) is 0 Å². The van der Waals surface area contributed by atoms with Crippen molar-refractivity contribution in [3.05, 3.63) is 71.9 Å². The minimum Gasteiger partial charge on any atom is -0.451 e. The molecule has 0 aliphatic carbocycles. The molecule has 1 amide bonds. The number of hydrogen-bond acceptors (Lipinski definition) is 6. The number of nitrogens with zero attached hydrogens (tertiary/aromatic N) is 5. The average Bonchev–Trinajstić information content (AvgIpc) is 3.34. The highest BCUT2D eigenvalue weighted by molar-refractivity contribution is 6.30. The van der Waals surface area contributed by atoms with Crippen LogP contribution in [-0.4, -0.2) is 30.2 Å². The summed E-state index contributed by atoms with van der Waals surface area (Å²) in [5.41, 5.74) is 2.19. The molecule has 0 unspecified atom stereocenters. The first-order chi connectivity index (χ1) is 12.2. The molecule has 0 radical (unpaired) electrons. The maximum absolute atomic E-state index is 13.0. The molecule has 126 valence electrons. The van der Waals surface area contributed by atoms with Crippen molar-refractivity contribution in [3.8, 4) is 0 Å². The van der Waals surface area contributed by atoms with Crippen LogP contribution < -0.4 is 0 Å². The number of oxazole rings is 2. The van der Waals surface area contributed by atoms with E-state index in [1.165, 1.54) is 25.3 Å². The predicted octanol–water partition coefficient (Wildman–Crippen LogP) is 2.81. The van der Waals surface area contributed by atoms with Crippen LogP contribution in [0.15, 0.2) is 58.7 Å². The standard InChI is InChI=1S/C16H12ClN5O3/c17-11-1-2-15-20-14(6-21(15)3-11)16(23)22(4-12-7-24-9-18-12)5-13-8-25-10-19-13/h1-3,6-10H,4-5H2. The van der Waals surface area contributed by atoms with E-state index in [9.17, 15) is 4.79 Å². The number of imidazole rings is 1. The van der Waals surface area contributed by atoms with E-state index in [1.807, 2.05) is 0 Å². The molecule has 0 spiro atoms. The molecule has 0 N–H and O–H groups in total. The van der Waals surface area contributed by atoms with Gasteiger partial charge in [-0.25, -0.2) is 15.0 Å². The maximum Gasteiger partial charge on any atom is 0.274 e. The molecule has 0 saturated carbocycles. The quantitative estimate of drug-likeness (QED) is 0.545. The first-order valence-electron chi connectivity index (χ1n) is 7.37. The van der Waals surface area contributed by atoms with Crippen molar-refractivity contribution >= 4 is 23.2 Å². The molecular formula is C16H12ClN5O3. The molecule has 8 nitrogen and oxygen atoms in total. The largest absolute Gasteiger partial charge is 0.451 e. The van der Waals surface area contributed by atoms with E-state index in [4.69, 9.17) is 20.4 Å². The lowest BCUT2D eigenvalue weighted by Crippen LogP contribution is -2.30. The van der Waals surface area contributed by atoms with Crippen LogP contribution in [0.25, 0.3) is 5.65 Å². The zero-order valence-electron chi connectivity index (χ0n) is 12.9. The van der Waals surface area contributed by atoms with E-state index in [0.29, 0.717) is 27.8 Å². The molecule has 0 aliphatic heterocycles. The van der Waals surface area contributed by atoms with E-state index in [-0.39, 0.29) is 19.0 Å². The average molecular weight is 358 g/mol. The Hall–Kier alpha value is -3.13. The van der Waals surface area contributed by atoms with E-state index in [0.717, 1.165) is 0 Å². The predicted molar refractivity (Wildman–Crippen MR) is 86.8 cm³/mol. The lowest BCUT2D eigenvalue weighted by Gasteiger charge is -2.19. The molecule has 4 aromatic heterocycles. The normalized spacial score (nSPS) is 11.1. The molecule has 0 aromatic carbocycles. The van der Waals surface area contributed by atoms with Gasteiger partial charge in [0.25, 0.3) is 5.91 Å². The summed E-state index contributed by atoms with van der Waals surface area (Å²) in [4.78, 5) is 27.0. The minimum atomic E-state index is -0.258. The second kappa shape index (κ2) is 6.40. The molecule has 0 aliphatic rings. The van der Waals surface area contributed by atoms with Gasteiger partial charge in [0, 0.05) is 12.4 Å². The summed E-state index contributed by atoms with van der Waals surface area (Å²) in [5.74, 6) is -0.258. The summed E-state index contributed by atoms with van der Waals surface area (Å²) >= 11 is 5.98. The van der Waals surface area contributed by atoms with E-state index >= 15 is 0 Å². The molecule has 0 atom stereocenters. The van der Waals surface area contributed by atoms with E-state index < -0.39 is 0 Å². The number of aromatic nitrogens is 4. The Morgan fingerprint density at radius 1 is 1.08 bits per heavy atom. The minimum absolute atomic E-state index is 0.258. The summed E-state index contributed by atoms with van der Waals surface area (Å²) in [5, 5.41) is 0.561. The number of rotatable bonds is 5. The summed E-state index contributed by atoms with van der Waals surface area (Å²) in [7, 11) is 0. The number of halogens is 1. The first-order valence-corrected chi connectivity index (χ1v) is 7.74. The van der Waals surface area contributed by atoms with Crippen LogP contribution >= 0.6 is 11.6 Å². The maximum atomic E-state index is 13.0. The third-order valence-electron chi connectivity index (χ3n) is 3.59. The summed E-state index contributed by atoms with van der Waals surface area (Å²) in [6, 6.07) is 3.47. The molecule has 0 bridgehead atoms. The fourth-order valence-electron chi connectivity index (χ4n) is 2.45. The number of carbonyl (C=O) groups excluding carboxylic acids is 1. The van der Waals surface area contributed by atoms with E-state index in [2.05, 4.69) is 15.0 Å². The van der Waals surface area contributed by atoms with Crippen molar-refractivity contribution < 1.29 is 13.6 Å². The van der Waals surface area contributed by atoms with Gasteiger partial charge < -0.3 is 18.1 Å². The highest BCUT2D eigenvalue weighted by Crippen LogP contribution is 2.15. The summed E-state index contributed by atoms with van der Waals surface area (Å²) < 4.78 is 11.7. The lowest BCUT2D eigenvalue weighted by atomic mass is 10.3. The van der Waals surface area contributed by atoms with E-state index in [1.54, 1.807) is 33.8 Å². The van der Waals surface area contributed by atoms with Gasteiger partial charge in [-0.05, 0) is 12.1 Å². The number of hydrogen-bond donors (Lipinski definition) is 0. The summed E-state index contributed by atoms with van der Waals surface area (Å²) in [6.45, 7) is 0.521. The van der Waals surface area contributed by atoms with Crippen molar-refractivity contribution in [2.45, 2.75) is 13.1 Å². The third kappa shape index (κ3) is 3.24. The van der Waals surface area contributed by atoms with Crippen LogP contribution in [0.2, 0.25) is 5.02 Å². The van der Waals surface area contributed by atoms with Crippen LogP contribution in [0.4, 0.5) is 0 Å². The Morgan fingerprint density at radius 2 is 1.76 bits per heavy atom.